The van der Waals surface area contributed by atoms with Crippen LogP contribution in [0.3, 0.4) is 0 Å². The lowest BCUT2D eigenvalue weighted by Crippen LogP contribution is -2.64. The molecule has 2 fully saturated rings. The van der Waals surface area contributed by atoms with E-state index in [0.717, 1.165) is 12.3 Å². The molecule has 0 aromatic carbocycles. The summed E-state index contributed by atoms with van der Waals surface area (Å²) in [7, 11) is 0. The monoisotopic (exact) mass is 451 g/mol. The molecule has 1 atom stereocenters. The Bertz CT molecular complexity index is 994. The van der Waals surface area contributed by atoms with Gasteiger partial charge in [-0.25, -0.2) is 9.78 Å². The molecule has 2 aliphatic heterocycles. The van der Waals surface area contributed by atoms with Crippen molar-refractivity contribution in [1.82, 2.24) is 9.88 Å². The number of aromatic nitrogens is 1. The van der Waals surface area contributed by atoms with E-state index >= 15 is 0 Å². The number of nitrogens with zero attached hydrogens (tertiary/aromatic N) is 5. The Morgan fingerprint density at radius 2 is 2.00 bits per heavy atom. The van der Waals surface area contributed by atoms with Gasteiger partial charge in [-0.05, 0) is 39.7 Å². The molecule has 1 aliphatic carbocycles. The van der Waals surface area contributed by atoms with Crippen LogP contribution >= 0.6 is 0 Å². The zero-order valence-corrected chi connectivity index (χ0v) is 18.1. The largest absolute Gasteiger partial charge is 0.444 e. The van der Waals surface area contributed by atoms with Crippen molar-refractivity contribution in [3.05, 3.63) is 17.8 Å². The molecule has 0 bridgehead atoms. The highest BCUT2D eigenvalue weighted by molar-refractivity contribution is 6.05. The summed E-state index contributed by atoms with van der Waals surface area (Å²) in [6.45, 7) is 5.69. The molecule has 8 nitrogen and oxygen atoms in total. The highest BCUT2D eigenvalue weighted by Gasteiger charge is 2.51. The third kappa shape index (κ3) is 4.06. The number of alkyl halides is 3. The lowest BCUT2D eigenvalue weighted by atomic mass is 10.0. The number of halogens is 3. The summed E-state index contributed by atoms with van der Waals surface area (Å²) in [6.07, 6.45) is -3.27. The van der Waals surface area contributed by atoms with Gasteiger partial charge in [0.1, 0.15) is 11.6 Å². The fourth-order valence-corrected chi connectivity index (χ4v) is 3.98. The molecule has 0 N–H and O–H groups in total. The van der Waals surface area contributed by atoms with Crippen LogP contribution in [-0.4, -0.2) is 59.7 Å². The maximum absolute atomic E-state index is 13.4. The Morgan fingerprint density at radius 1 is 1.31 bits per heavy atom. The Labute approximate surface area is 183 Å². The van der Waals surface area contributed by atoms with E-state index in [1.54, 1.807) is 25.7 Å². The third-order valence-corrected chi connectivity index (χ3v) is 5.87. The van der Waals surface area contributed by atoms with Gasteiger partial charge in [0, 0.05) is 25.8 Å². The molecule has 1 saturated carbocycles. The number of amides is 2. The van der Waals surface area contributed by atoms with Crippen LogP contribution in [0, 0.1) is 16.7 Å². The lowest BCUT2D eigenvalue weighted by molar-refractivity contribution is -0.138. The second-order valence-electron chi connectivity index (χ2n) is 9.52. The maximum Gasteiger partial charge on any atom is 0.417 e. The molecule has 3 aliphatic rings. The topological polar surface area (TPSA) is 89.8 Å². The molecule has 1 saturated heterocycles. The van der Waals surface area contributed by atoms with Gasteiger partial charge in [0.2, 0.25) is 0 Å². The molecule has 0 radical (unpaired) electrons. The predicted octanol–water partition coefficient (Wildman–Crippen LogP) is 3.18. The van der Waals surface area contributed by atoms with Crippen molar-refractivity contribution in [1.29, 1.82) is 5.26 Å². The molecular weight excluding hydrogens is 427 g/mol. The van der Waals surface area contributed by atoms with Gasteiger partial charge >= 0.3 is 12.3 Å². The Balaban J connectivity index is 1.69. The molecule has 0 unspecified atom stereocenters. The van der Waals surface area contributed by atoms with E-state index in [1.165, 1.54) is 9.80 Å². The summed E-state index contributed by atoms with van der Waals surface area (Å²) in [6, 6.07) is 2.29. The quantitative estimate of drug-likeness (QED) is 0.686. The number of piperazine rings is 1. The number of carbonyl (C=O) groups excluding carboxylic acids is 2. The average molecular weight is 451 g/mol. The maximum atomic E-state index is 13.4. The van der Waals surface area contributed by atoms with Gasteiger partial charge < -0.3 is 19.4 Å². The van der Waals surface area contributed by atoms with Gasteiger partial charge in [0.05, 0.1) is 29.3 Å². The van der Waals surface area contributed by atoms with Crippen molar-refractivity contribution in [2.45, 2.75) is 51.4 Å². The van der Waals surface area contributed by atoms with Gasteiger partial charge in [0.25, 0.3) is 5.91 Å². The van der Waals surface area contributed by atoms with E-state index in [0.29, 0.717) is 12.8 Å². The number of carbonyl (C=O) groups is 2. The normalized spacial score (nSPS) is 22.1. The first kappa shape index (κ1) is 22.2. The van der Waals surface area contributed by atoms with Crippen LogP contribution in [0.15, 0.2) is 12.3 Å². The van der Waals surface area contributed by atoms with Crippen molar-refractivity contribution in [3.63, 3.8) is 0 Å². The Kier molecular flexibility index (Phi) is 5.02. The first-order chi connectivity index (χ1) is 14.8. The number of pyridine rings is 1. The molecule has 172 valence electrons. The first-order valence-electron chi connectivity index (χ1n) is 10.4. The fourth-order valence-electron chi connectivity index (χ4n) is 3.98. The zero-order valence-electron chi connectivity index (χ0n) is 18.1. The van der Waals surface area contributed by atoms with E-state index in [9.17, 15) is 28.0 Å². The van der Waals surface area contributed by atoms with Crippen LogP contribution in [0.2, 0.25) is 0 Å². The summed E-state index contributed by atoms with van der Waals surface area (Å²) in [5.41, 5.74) is -2.37. The van der Waals surface area contributed by atoms with Gasteiger partial charge in [0.15, 0.2) is 5.82 Å². The van der Waals surface area contributed by atoms with E-state index < -0.39 is 40.8 Å². The summed E-state index contributed by atoms with van der Waals surface area (Å²) in [5, 5.41) is 9.50. The molecule has 4 rings (SSSR count). The third-order valence-electron chi connectivity index (χ3n) is 5.87. The molecule has 0 spiro atoms. The minimum Gasteiger partial charge on any atom is -0.444 e. The Hall–Kier alpha value is -3.03. The summed E-state index contributed by atoms with van der Waals surface area (Å²) < 4.78 is 45.4. The zero-order chi connectivity index (χ0) is 23.5. The second-order valence-corrected chi connectivity index (χ2v) is 9.52. The van der Waals surface area contributed by atoms with Crippen LogP contribution in [0.5, 0.6) is 0 Å². The highest BCUT2D eigenvalue weighted by Crippen LogP contribution is 2.48. The number of ether oxygens (including phenoxy) is 1. The SMILES string of the molecule is CC(C)(C)OC(=O)N1CCN2c3ncc(C(F)(F)F)cc3N(CC3(C#N)CC3)C(=O)[C@H]2C1. The molecule has 1 aromatic heterocycles. The van der Waals surface area contributed by atoms with Crippen LogP contribution in [0.4, 0.5) is 29.5 Å². The number of hydrogen-bond donors (Lipinski definition) is 0. The number of hydrogen-bond acceptors (Lipinski definition) is 6. The Morgan fingerprint density at radius 3 is 2.56 bits per heavy atom. The molecule has 32 heavy (non-hydrogen) atoms. The van der Waals surface area contributed by atoms with Crippen LogP contribution < -0.4 is 9.80 Å². The van der Waals surface area contributed by atoms with Crippen molar-refractivity contribution in [2.75, 3.05) is 36.0 Å². The highest BCUT2D eigenvalue weighted by atomic mass is 19.4. The molecule has 2 amide bonds. The first-order valence-corrected chi connectivity index (χ1v) is 10.4. The molecule has 11 heteroatoms. The summed E-state index contributed by atoms with van der Waals surface area (Å²) >= 11 is 0. The van der Waals surface area contributed by atoms with Crippen molar-refractivity contribution in [2.24, 2.45) is 5.41 Å². The minimum atomic E-state index is -4.62. The molecular formula is C21H24F3N5O3. The van der Waals surface area contributed by atoms with E-state index in [-0.39, 0.29) is 37.7 Å². The average Bonchev–Trinajstić information content (AvgIpc) is 3.48. The number of anilines is 2. The summed E-state index contributed by atoms with van der Waals surface area (Å²) in [4.78, 5) is 34.3. The van der Waals surface area contributed by atoms with E-state index in [4.69, 9.17) is 4.74 Å². The van der Waals surface area contributed by atoms with Crippen molar-refractivity contribution >= 4 is 23.5 Å². The molecule has 3 heterocycles. The lowest BCUT2D eigenvalue weighted by Gasteiger charge is -2.47. The van der Waals surface area contributed by atoms with Crippen LogP contribution in [0.1, 0.15) is 39.2 Å². The van der Waals surface area contributed by atoms with E-state index in [2.05, 4.69) is 11.1 Å². The van der Waals surface area contributed by atoms with Crippen molar-refractivity contribution in [3.8, 4) is 6.07 Å². The number of nitriles is 1. The van der Waals surface area contributed by atoms with Gasteiger partial charge in [-0.2, -0.15) is 18.4 Å². The number of rotatable bonds is 2. The fraction of sp³-hybridized carbons (Fsp3) is 0.619. The second kappa shape index (κ2) is 7.25. The summed E-state index contributed by atoms with van der Waals surface area (Å²) in [5.74, 6) is -0.200. The van der Waals surface area contributed by atoms with Crippen molar-refractivity contribution < 1.29 is 27.5 Å². The van der Waals surface area contributed by atoms with Crippen LogP contribution in [-0.2, 0) is 15.7 Å². The van der Waals surface area contributed by atoms with Crippen LogP contribution in [0.25, 0.3) is 0 Å². The van der Waals surface area contributed by atoms with Gasteiger partial charge in [-0.15, -0.1) is 0 Å². The van der Waals surface area contributed by atoms with E-state index in [1.807, 2.05) is 0 Å². The standard InChI is InChI=1S/C21H24F3N5O3/c1-19(2,3)32-18(31)27-6-7-28-15(10-27)17(30)29(12-20(11-25)4-5-20)14-8-13(21(22,23)24)9-26-16(14)28/h8-9,15H,4-7,10,12H2,1-3H3/t15-/m1/s1. The van der Waals surface area contributed by atoms with Gasteiger partial charge in [-0.3, -0.25) is 4.79 Å². The number of fused-ring (bicyclic) bond motifs is 3. The molecule has 1 aromatic rings. The predicted molar refractivity (Wildman–Crippen MR) is 108 cm³/mol. The minimum absolute atomic E-state index is 0.00486. The van der Waals surface area contributed by atoms with Gasteiger partial charge in [-0.1, -0.05) is 0 Å². The smallest absolute Gasteiger partial charge is 0.417 e.